The number of fused-ring (bicyclic) bond motifs is 1. The lowest BCUT2D eigenvalue weighted by atomic mass is 10.2. The molecule has 0 fully saturated rings. The normalized spacial score (nSPS) is 11.0. The van der Waals surface area contributed by atoms with Gasteiger partial charge >= 0.3 is 0 Å². The fraction of sp³-hybridized carbons (Fsp3) is 0.231. The Morgan fingerprint density at radius 1 is 1.35 bits per heavy atom. The van der Waals surface area contributed by atoms with E-state index in [0.29, 0.717) is 12.1 Å². The van der Waals surface area contributed by atoms with Crippen LogP contribution in [0.25, 0.3) is 11.2 Å². The van der Waals surface area contributed by atoms with Crippen molar-refractivity contribution in [3.05, 3.63) is 35.0 Å². The molecule has 102 valence electrons. The minimum atomic E-state index is 0.218. The molecular formula is C13H12N4OS2. The predicted molar refractivity (Wildman–Crippen MR) is 80.3 cm³/mol. The van der Waals surface area contributed by atoms with Gasteiger partial charge in [-0.1, -0.05) is 6.07 Å². The highest BCUT2D eigenvalue weighted by atomic mass is 32.2. The fourth-order valence-electron chi connectivity index (χ4n) is 1.81. The van der Waals surface area contributed by atoms with E-state index in [9.17, 15) is 4.79 Å². The third-order valence-electron chi connectivity index (χ3n) is 2.77. The molecule has 0 saturated heterocycles. The van der Waals surface area contributed by atoms with E-state index in [-0.39, 0.29) is 5.78 Å². The lowest BCUT2D eigenvalue weighted by molar-refractivity contribution is 0.0986. The molecule has 1 N–H and O–H groups in total. The molecule has 3 aromatic rings. The molecule has 0 aliphatic carbocycles. The van der Waals surface area contributed by atoms with Crippen LogP contribution < -0.4 is 0 Å². The van der Waals surface area contributed by atoms with Crippen LogP contribution in [0.1, 0.15) is 22.5 Å². The third-order valence-corrected chi connectivity index (χ3v) is 4.76. The van der Waals surface area contributed by atoms with Crippen LogP contribution in [0.15, 0.2) is 35.2 Å². The van der Waals surface area contributed by atoms with E-state index in [0.717, 1.165) is 27.6 Å². The number of hydrogen-bond acceptors (Lipinski definition) is 6. The summed E-state index contributed by atoms with van der Waals surface area (Å²) in [5.74, 6) is 1.07. The highest BCUT2D eigenvalue weighted by molar-refractivity contribution is 7.99. The summed E-state index contributed by atoms with van der Waals surface area (Å²) in [5, 5.41) is 2.81. The van der Waals surface area contributed by atoms with E-state index >= 15 is 0 Å². The lowest BCUT2D eigenvalue weighted by Gasteiger charge is -2.01. The van der Waals surface area contributed by atoms with Crippen LogP contribution in [0.5, 0.6) is 0 Å². The van der Waals surface area contributed by atoms with Crippen molar-refractivity contribution >= 4 is 40.0 Å². The molecular weight excluding hydrogens is 292 g/mol. The van der Waals surface area contributed by atoms with Gasteiger partial charge in [0.25, 0.3) is 0 Å². The maximum atomic E-state index is 11.8. The van der Waals surface area contributed by atoms with Gasteiger partial charge in [-0.2, -0.15) is 0 Å². The number of imidazole rings is 1. The zero-order chi connectivity index (χ0) is 13.8. The van der Waals surface area contributed by atoms with Gasteiger partial charge in [0.05, 0.1) is 11.2 Å². The van der Waals surface area contributed by atoms with Crippen molar-refractivity contribution in [2.75, 3.05) is 5.75 Å². The number of thioether (sulfide) groups is 1. The van der Waals surface area contributed by atoms with E-state index < -0.39 is 0 Å². The summed E-state index contributed by atoms with van der Waals surface area (Å²) in [6, 6.07) is 3.78. The Hall–Kier alpha value is -1.73. The number of ketones is 1. The molecule has 3 rings (SSSR count). The van der Waals surface area contributed by atoms with Crippen molar-refractivity contribution in [1.82, 2.24) is 19.9 Å². The number of nitrogens with zero attached hydrogens (tertiary/aromatic N) is 3. The number of carbonyl (C=O) groups excluding carboxylic acids is 1. The first kappa shape index (κ1) is 13.3. The molecule has 3 aromatic heterocycles. The highest BCUT2D eigenvalue weighted by Gasteiger charge is 2.08. The molecule has 0 amide bonds. The maximum Gasteiger partial charge on any atom is 0.181 e. The first-order chi connectivity index (χ1) is 9.84. The van der Waals surface area contributed by atoms with Gasteiger partial charge in [0, 0.05) is 12.2 Å². The summed E-state index contributed by atoms with van der Waals surface area (Å²) in [7, 11) is 0. The summed E-state index contributed by atoms with van der Waals surface area (Å²) < 4.78 is 0. The summed E-state index contributed by atoms with van der Waals surface area (Å²) in [6.07, 6.45) is 4.54. The van der Waals surface area contributed by atoms with E-state index in [1.165, 1.54) is 17.7 Å². The molecule has 20 heavy (non-hydrogen) atoms. The Morgan fingerprint density at radius 2 is 2.30 bits per heavy atom. The van der Waals surface area contributed by atoms with Gasteiger partial charge in [-0.05, 0) is 17.9 Å². The molecule has 0 atom stereocenters. The number of nitrogens with one attached hydrogen (secondary N) is 1. The number of rotatable bonds is 6. The van der Waals surface area contributed by atoms with Gasteiger partial charge in [-0.25, -0.2) is 15.0 Å². The van der Waals surface area contributed by atoms with Crippen LogP contribution >= 0.6 is 23.1 Å². The van der Waals surface area contributed by atoms with E-state index in [1.807, 2.05) is 17.5 Å². The number of carbonyl (C=O) groups is 1. The average molecular weight is 304 g/mol. The third kappa shape index (κ3) is 2.88. The Kier molecular flexibility index (Phi) is 4.08. The van der Waals surface area contributed by atoms with Crippen LogP contribution in [0, 0.1) is 0 Å². The molecule has 5 nitrogen and oxygen atoms in total. The van der Waals surface area contributed by atoms with Gasteiger partial charge in [-0.15, -0.1) is 23.1 Å². The van der Waals surface area contributed by atoms with Crippen LogP contribution in [0.3, 0.4) is 0 Å². The second-order valence-corrected chi connectivity index (χ2v) is 6.16. The average Bonchev–Trinajstić information content (AvgIpc) is 3.13. The number of aromatic amines is 1. The van der Waals surface area contributed by atoms with Crippen molar-refractivity contribution in [2.45, 2.75) is 17.9 Å². The minimum Gasteiger partial charge on any atom is -0.341 e. The molecule has 7 heteroatoms. The monoisotopic (exact) mass is 304 g/mol. The molecule has 0 aliphatic heterocycles. The Morgan fingerprint density at radius 3 is 3.15 bits per heavy atom. The van der Waals surface area contributed by atoms with Gasteiger partial charge in [0.1, 0.15) is 16.9 Å². The van der Waals surface area contributed by atoms with Crippen molar-refractivity contribution in [1.29, 1.82) is 0 Å². The summed E-state index contributed by atoms with van der Waals surface area (Å²) >= 11 is 3.12. The maximum absolute atomic E-state index is 11.8. The van der Waals surface area contributed by atoms with E-state index in [2.05, 4.69) is 19.9 Å². The Bertz CT molecular complexity index is 708. The highest BCUT2D eigenvalue weighted by Crippen LogP contribution is 2.23. The molecule has 0 unspecified atom stereocenters. The summed E-state index contributed by atoms with van der Waals surface area (Å²) in [6.45, 7) is 0. The fourth-order valence-corrected chi connectivity index (χ4v) is 3.41. The van der Waals surface area contributed by atoms with Gasteiger partial charge in [0.15, 0.2) is 11.4 Å². The topological polar surface area (TPSA) is 71.5 Å². The quantitative estimate of drug-likeness (QED) is 0.328. The summed E-state index contributed by atoms with van der Waals surface area (Å²) in [4.78, 5) is 28.1. The smallest absolute Gasteiger partial charge is 0.181 e. The lowest BCUT2D eigenvalue weighted by Crippen LogP contribution is -1.97. The minimum absolute atomic E-state index is 0.218. The second-order valence-electron chi connectivity index (χ2n) is 4.13. The zero-order valence-electron chi connectivity index (χ0n) is 10.6. The molecule has 0 spiro atoms. The van der Waals surface area contributed by atoms with E-state index in [1.54, 1.807) is 18.1 Å². The van der Waals surface area contributed by atoms with Crippen molar-refractivity contribution in [2.24, 2.45) is 0 Å². The van der Waals surface area contributed by atoms with Gasteiger partial charge < -0.3 is 4.98 Å². The molecule has 0 bridgehead atoms. The molecule has 0 aromatic carbocycles. The number of H-pyrrole nitrogens is 1. The van der Waals surface area contributed by atoms with Crippen molar-refractivity contribution in [3.8, 4) is 0 Å². The number of thiophene rings is 1. The first-order valence-electron chi connectivity index (χ1n) is 6.18. The Labute approximate surface area is 123 Å². The number of Topliss-reactive ketones (excluding diaryl/α,β-unsaturated/α-hetero) is 1. The predicted octanol–water partition coefficient (Wildman–Crippen LogP) is 3.17. The summed E-state index contributed by atoms with van der Waals surface area (Å²) in [5.41, 5.74) is 1.54. The molecule has 0 saturated carbocycles. The second kappa shape index (κ2) is 6.15. The van der Waals surface area contributed by atoms with Crippen LogP contribution in [0.2, 0.25) is 0 Å². The molecule has 0 radical (unpaired) electrons. The standard InChI is InChI=1S/C13H12N4OS2/c18-9(10-4-2-5-19-10)3-1-6-20-13-11-12(15-7-14-11)16-8-17-13/h2,4-5,7-8H,1,3,6H2,(H,14,15,16,17). The molecule has 3 heterocycles. The first-order valence-corrected chi connectivity index (χ1v) is 8.04. The Balaban J connectivity index is 1.53. The van der Waals surface area contributed by atoms with Crippen LogP contribution in [-0.4, -0.2) is 31.5 Å². The van der Waals surface area contributed by atoms with Crippen LogP contribution in [-0.2, 0) is 0 Å². The van der Waals surface area contributed by atoms with Crippen molar-refractivity contribution < 1.29 is 4.79 Å². The zero-order valence-corrected chi connectivity index (χ0v) is 12.2. The number of aromatic nitrogens is 4. The number of hydrogen-bond donors (Lipinski definition) is 1. The van der Waals surface area contributed by atoms with E-state index in [4.69, 9.17) is 0 Å². The van der Waals surface area contributed by atoms with Gasteiger partial charge in [-0.3, -0.25) is 4.79 Å². The van der Waals surface area contributed by atoms with Crippen molar-refractivity contribution in [3.63, 3.8) is 0 Å². The SMILES string of the molecule is O=C(CCCSc1ncnc2nc[nH]c12)c1cccs1. The molecule has 0 aliphatic rings. The largest absolute Gasteiger partial charge is 0.341 e. The van der Waals surface area contributed by atoms with Crippen LogP contribution in [0.4, 0.5) is 0 Å². The van der Waals surface area contributed by atoms with Gasteiger partial charge in [0.2, 0.25) is 0 Å².